The molecule has 0 spiro atoms. The Morgan fingerprint density at radius 1 is 1.19 bits per heavy atom. The molecule has 2 amide bonds. The lowest BCUT2D eigenvalue weighted by molar-refractivity contribution is 0.252. The molecule has 0 fully saturated rings. The maximum absolute atomic E-state index is 13.2. The highest BCUT2D eigenvalue weighted by Gasteiger charge is 2.09. The first kappa shape index (κ1) is 19.7. The third-order valence-corrected chi connectivity index (χ3v) is 4.37. The molecule has 9 heteroatoms. The number of sulfonamides is 1. The summed E-state index contributed by atoms with van der Waals surface area (Å²) in [6.07, 6.45) is 0.500. The molecule has 4 N–H and O–H groups in total. The average molecular weight is 381 g/mol. The summed E-state index contributed by atoms with van der Waals surface area (Å²) in [6, 6.07) is 9.48. The number of hydrogen-bond acceptors (Lipinski definition) is 4. The Balaban J connectivity index is 1.88. The van der Waals surface area contributed by atoms with Crippen molar-refractivity contribution >= 4 is 21.7 Å². The molecule has 0 aliphatic carbocycles. The predicted molar refractivity (Wildman–Crippen MR) is 96.1 cm³/mol. The topological polar surface area (TPSA) is 111 Å². The molecule has 0 unspecified atom stereocenters. The maximum atomic E-state index is 13.2. The summed E-state index contributed by atoms with van der Waals surface area (Å²) >= 11 is 0. The first-order valence-corrected chi connectivity index (χ1v) is 9.43. The fourth-order valence-corrected chi connectivity index (χ4v) is 2.72. The predicted octanol–water partition coefficient (Wildman–Crippen LogP) is 2.24. The molecular formula is C17H20FN3O4S. The van der Waals surface area contributed by atoms with Gasteiger partial charge < -0.3 is 15.4 Å². The molecule has 0 saturated heterocycles. The first-order chi connectivity index (χ1) is 12.3. The van der Waals surface area contributed by atoms with Crippen molar-refractivity contribution in [2.75, 3.05) is 18.5 Å². The Kier molecular flexibility index (Phi) is 6.53. The fraction of sp³-hybridized carbons (Fsp3) is 0.235. The van der Waals surface area contributed by atoms with Crippen LogP contribution in [0.25, 0.3) is 0 Å². The number of carbonyl (C=O) groups excluding carboxylic acids is 1. The van der Waals surface area contributed by atoms with Gasteiger partial charge in [-0.1, -0.05) is 12.1 Å². The van der Waals surface area contributed by atoms with Gasteiger partial charge in [0.15, 0.2) is 0 Å². The van der Waals surface area contributed by atoms with Gasteiger partial charge in [-0.3, -0.25) is 0 Å². The van der Waals surface area contributed by atoms with E-state index in [1.807, 2.05) is 0 Å². The number of urea groups is 1. The van der Waals surface area contributed by atoms with Gasteiger partial charge in [0.05, 0.1) is 17.2 Å². The highest BCUT2D eigenvalue weighted by molar-refractivity contribution is 7.89. The van der Waals surface area contributed by atoms with E-state index < -0.39 is 21.9 Å². The standard InChI is InChI=1S/C17H20FN3O4S/c1-2-25-16-11-13(18)5-8-15(16)21-17(22)20-10-9-12-3-6-14(7-4-12)26(19,23)24/h3-8,11H,2,9-10H2,1H3,(H2,19,23,24)(H2,20,21,22). The number of carbonyl (C=O) groups is 1. The lowest BCUT2D eigenvalue weighted by Gasteiger charge is -2.12. The Hall–Kier alpha value is -2.65. The number of nitrogens with two attached hydrogens (primary N) is 1. The monoisotopic (exact) mass is 381 g/mol. The van der Waals surface area contributed by atoms with E-state index in [1.165, 1.54) is 30.3 Å². The van der Waals surface area contributed by atoms with Crippen LogP contribution in [0.3, 0.4) is 0 Å². The number of rotatable bonds is 7. The molecule has 0 aliphatic heterocycles. The van der Waals surface area contributed by atoms with E-state index in [4.69, 9.17) is 9.88 Å². The van der Waals surface area contributed by atoms with Crippen LogP contribution in [-0.2, 0) is 16.4 Å². The van der Waals surface area contributed by atoms with E-state index in [1.54, 1.807) is 19.1 Å². The van der Waals surface area contributed by atoms with Crippen molar-refractivity contribution in [2.24, 2.45) is 5.14 Å². The van der Waals surface area contributed by atoms with Gasteiger partial charge in [0, 0.05) is 12.6 Å². The van der Waals surface area contributed by atoms with E-state index in [0.717, 1.165) is 5.56 Å². The van der Waals surface area contributed by atoms with Crippen LogP contribution < -0.4 is 20.5 Å². The van der Waals surface area contributed by atoms with Crippen molar-refractivity contribution in [2.45, 2.75) is 18.2 Å². The zero-order valence-electron chi connectivity index (χ0n) is 14.2. The minimum Gasteiger partial charge on any atom is -0.492 e. The van der Waals surface area contributed by atoms with Crippen LogP contribution in [-0.4, -0.2) is 27.6 Å². The van der Waals surface area contributed by atoms with Gasteiger partial charge in [-0.05, 0) is 43.2 Å². The zero-order chi connectivity index (χ0) is 19.2. The molecule has 0 atom stereocenters. The van der Waals surface area contributed by atoms with E-state index in [2.05, 4.69) is 10.6 Å². The van der Waals surface area contributed by atoms with Crippen LogP contribution in [0, 0.1) is 5.82 Å². The summed E-state index contributed by atoms with van der Waals surface area (Å²) < 4.78 is 40.9. The molecule has 7 nitrogen and oxygen atoms in total. The second kappa shape index (κ2) is 8.63. The lowest BCUT2D eigenvalue weighted by atomic mass is 10.1. The minimum absolute atomic E-state index is 0.0340. The van der Waals surface area contributed by atoms with E-state index >= 15 is 0 Å². The van der Waals surface area contributed by atoms with Gasteiger partial charge in [0.1, 0.15) is 11.6 Å². The van der Waals surface area contributed by atoms with Crippen molar-refractivity contribution < 1.29 is 22.3 Å². The van der Waals surface area contributed by atoms with Gasteiger partial charge in [0.25, 0.3) is 0 Å². The molecule has 0 bridgehead atoms. The molecule has 0 aliphatic rings. The summed E-state index contributed by atoms with van der Waals surface area (Å²) in [6.45, 7) is 2.43. The largest absolute Gasteiger partial charge is 0.492 e. The van der Waals surface area contributed by atoms with Crippen LogP contribution in [0.15, 0.2) is 47.4 Å². The van der Waals surface area contributed by atoms with Crippen molar-refractivity contribution in [1.82, 2.24) is 5.32 Å². The van der Waals surface area contributed by atoms with Crippen molar-refractivity contribution in [3.63, 3.8) is 0 Å². The van der Waals surface area contributed by atoms with Gasteiger partial charge in [-0.2, -0.15) is 0 Å². The minimum atomic E-state index is -3.72. The molecule has 0 heterocycles. The van der Waals surface area contributed by atoms with Crippen LogP contribution in [0.2, 0.25) is 0 Å². The average Bonchev–Trinajstić information content (AvgIpc) is 2.57. The number of ether oxygens (including phenoxy) is 1. The number of benzene rings is 2. The highest BCUT2D eigenvalue weighted by atomic mass is 32.2. The third kappa shape index (κ3) is 5.71. The van der Waals surface area contributed by atoms with Gasteiger partial charge in [-0.25, -0.2) is 22.7 Å². The molecule has 2 rings (SSSR count). The number of primary sulfonamides is 1. The maximum Gasteiger partial charge on any atom is 0.319 e. The quantitative estimate of drug-likeness (QED) is 0.683. The van der Waals surface area contributed by atoms with E-state index in [0.29, 0.717) is 25.3 Å². The first-order valence-electron chi connectivity index (χ1n) is 7.88. The molecule has 2 aromatic carbocycles. The van der Waals surface area contributed by atoms with E-state index in [9.17, 15) is 17.6 Å². The summed E-state index contributed by atoms with van der Waals surface area (Å²) in [5.41, 5.74) is 1.21. The number of hydrogen-bond donors (Lipinski definition) is 3. The smallest absolute Gasteiger partial charge is 0.319 e. The number of amides is 2. The van der Waals surface area contributed by atoms with Crippen LogP contribution in [0.1, 0.15) is 12.5 Å². The van der Waals surface area contributed by atoms with E-state index in [-0.39, 0.29) is 10.6 Å². The molecule has 0 aromatic heterocycles. The summed E-state index contributed by atoms with van der Waals surface area (Å²) in [4.78, 5) is 12.0. The molecule has 2 aromatic rings. The second-order valence-electron chi connectivity index (χ2n) is 5.39. The summed E-state index contributed by atoms with van der Waals surface area (Å²) in [5, 5.41) is 10.3. The molecule has 140 valence electrons. The number of halogens is 1. The van der Waals surface area contributed by atoms with Crippen molar-refractivity contribution in [3.8, 4) is 5.75 Å². The Morgan fingerprint density at radius 2 is 1.88 bits per heavy atom. The summed E-state index contributed by atoms with van der Waals surface area (Å²) in [5.74, 6) is -0.205. The van der Waals surface area contributed by atoms with Crippen LogP contribution in [0.5, 0.6) is 5.75 Å². The van der Waals surface area contributed by atoms with Crippen molar-refractivity contribution in [1.29, 1.82) is 0 Å². The SMILES string of the molecule is CCOc1cc(F)ccc1NC(=O)NCCc1ccc(S(N)(=O)=O)cc1. The summed E-state index contributed by atoms with van der Waals surface area (Å²) in [7, 11) is -3.72. The van der Waals surface area contributed by atoms with Gasteiger partial charge in [0.2, 0.25) is 10.0 Å². The number of nitrogens with one attached hydrogen (secondary N) is 2. The highest BCUT2D eigenvalue weighted by Crippen LogP contribution is 2.25. The Bertz CT molecular complexity index is 870. The molecular weight excluding hydrogens is 361 g/mol. The number of anilines is 1. The fourth-order valence-electron chi connectivity index (χ4n) is 2.21. The second-order valence-corrected chi connectivity index (χ2v) is 6.95. The molecule has 0 radical (unpaired) electrons. The normalized spacial score (nSPS) is 11.0. The Morgan fingerprint density at radius 3 is 2.50 bits per heavy atom. The van der Waals surface area contributed by atoms with Crippen molar-refractivity contribution in [3.05, 3.63) is 53.8 Å². The zero-order valence-corrected chi connectivity index (χ0v) is 15.0. The molecule has 0 saturated carbocycles. The lowest BCUT2D eigenvalue weighted by Crippen LogP contribution is -2.30. The third-order valence-electron chi connectivity index (χ3n) is 3.44. The Labute approximate surface area is 151 Å². The molecule has 26 heavy (non-hydrogen) atoms. The van der Waals surface area contributed by atoms with Gasteiger partial charge >= 0.3 is 6.03 Å². The van der Waals surface area contributed by atoms with Gasteiger partial charge in [-0.15, -0.1) is 0 Å². The van der Waals surface area contributed by atoms with Crippen LogP contribution in [0.4, 0.5) is 14.9 Å². The van der Waals surface area contributed by atoms with Crippen LogP contribution >= 0.6 is 0 Å².